The molecule has 1 aliphatic heterocycles. The monoisotopic (exact) mass is 343 g/mol. The molecule has 0 bridgehead atoms. The molecule has 0 spiro atoms. The molecule has 8 nitrogen and oxygen atoms in total. The Morgan fingerprint density at radius 3 is 2.76 bits per heavy atom. The van der Waals surface area contributed by atoms with Crippen molar-refractivity contribution in [2.24, 2.45) is 7.05 Å². The number of amides is 1. The maximum absolute atomic E-state index is 12.6. The lowest BCUT2D eigenvalue weighted by molar-refractivity contribution is 0.0790. The number of carbonyl (C=O) groups is 1. The molecule has 0 saturated carbocycles. The van der Waals surface area contributed by atoms with Crippen LogP contribution in [0.2, 0.25) is 0 Å². The molecule has 2 aromatic heterocycles. The van der Waals surface area contributed by atoms with Crippen molar-refractivity contribution in [1.29, 1.82) is 0 Å². The number of rotatable bonds is 3. The fourth-order valence-electron chi connectivity index (χ4n) is 2.93. The molecule has 1 saturated heterocycles. The minimum Gasteiger partial charge on any atom is -0.348 e. The maximum Gasteiger partial charge on any atom is 0.254 e. The first kappa shape index (κ1) is 16.9. The van der Waals surface area contributed by atoms with E-state index in [9.17, 15) is 14.4 Å². The van der Waals surface area contributed by atoms with Gasteiger partial charge in [0.25, 0.3) is 17.0 Å². The van der Waals surface area contributed by atoms with Crippen LogP contribution in [0.15, 0.2) is 34.0 Å². The Bertz CT molecular complexity index is 915. The van der Waals surface area contributed by atoms with Crippen LogP contribution >= 0.6 is 0 Å². The van der Waals surface area contributed by atoms with Crippen molar-refractivity contribution < 1.29 is 4.79 Å². The molecule has 0 aliphatic carbocycles. The van der Waals surface area contributed by atoms with Crippen LogP contribution in [0.3, 0.4) is 0 Å². The molecule has 0 aromatic carbocycles. The number of hydrogen-bond donors (Lipinski definition) is 1. The molecule has 1 fully saturated rings. The van der Waals surface area contributed by atoms with Crippen molar-refractivity contribution in [3.05, 3.63) is 56.4 Å². The number of aromatic nitrogens is 3. The van der Waals surface area contributed by atoms with Crippen molar-refractivity contribution in [3.63, 3.8) is 0 Å². The lowest BCUT2D eigenvalue weighted by Crippen LogP contribution is -2.30. The summed E-state index contributed by atoms with van der Waals surface area (Å²) in [4.78, 5) is 46.8. The van der Waals surface area contributed by atoms with Gasteiger partial charge in [-0.25, -0.2) is 4.98 Å². The highest BCUT2D eigenvalue weighted by molar-refractivity contribution is 5.94. The second kappa shape index (κ2) is 6.54. The van der Waals surface area contributed by atoms with E-state index in [1.165, 1.54) is 16.7 Å². The van der Waals surface area contributed by atoms with Gasteiger partial charge < -0.3 is 14.4 Å². The van der Waals surface area contributed by atoms with E-state index in [-0.39, 0.29) is 22.9 Å². The van der Waals surface area contributed by atoms with Gasteiger partial charge in [-0.15, -0.1) is 0 Å². The van der Waals surface area contributed by atoms with Gasteiger partial charge in [0, 0.05) is 64.0 Å². The van der Waals surface area contributed by atoms with Crippen molar-refractivity contribution in [2.45, 2.75) is 12.3 Å². The van der Waals surface area contributed by atoms with Gasteiger partial charge in [0.15, 0.2) is 0 Å². The summed E-state index contributed by atoms with van der Waals surface area (Å²) in [5.41, 5.74) is 0.654. The summed E-state index contributed by atoms with van der Waals surface area (Å²) in [6, 6.07) is 4.49. The Hall–Kier alpha value is -2.90. The van der Waals surface area contributed by atoms with E-state index < -0.39 is 0 Å². The van der Waals surface area contributed by atoms with Gasteiger partial charge in [-0.05, 0) is 12.5 Å². The van der Waals surface area contributed by atoms with E-state index >= 15 is 0 Å². The van der Waals surface area contributed by atoms with E-state index in [0.29, 0.717) is 30.3 Å². The number of hydrogen-bond acceptors (Lipinski definition) is 5. The van der Waals surface area contributed by atoms with Crippen LogP contribution in [0, 0.1) is 0 Å². The Labute approximate surface area is 144 Å². The predicted octanol–water partition coefficient (Wildman–Crippen LogP) is 0.164. The summed E-state index contributed by atoms with van der Waals surface area (Å²) in [6.45, 7) is 1.06. The lowest BCUT2D eigenvalue weighted by atomic mass is 10.1. The van der Waals surface area contributed by atoms with Crippen LogP contribution in [0.1, 0.15) is 28.4 Å². The second-order valence-electron chi connectivity index (χ2n) is 6.49. The van der Waals surface area contributed by atoms with Crippen LogP contribution in [-0.2, 0) is 7.05 Å². The SMILES string of the molecule is CN(C)c1nc(C2CCN(C(=O)c3ccn(C)c(=O)c3)C2)cc(=O)[nH]1. The van der Waals surface area contributed by atoms with Crippen LogP contribution in [-0.4, -0.2) is 52.5 Å². The average Bonchev–Trinajstić information content (AvgIpc) is 3.06. The third-order valence-corrected chi connectivity index (χ3v) is 4.42. The third kappa shape index (κ3) is 3.47. The molecule has 3 heterocycles. The average molecular weight is 343 g/mol. The number of nitrogens with one attached hydrogen (secondary N) is 1. The van der Waals surface area contributed by atoms with Gasteiger partial charge in [-0.3, -0.25) is 19.4 Å². The highest BCUT2D eigenvalue weighted by Gasteiger charge is 2.29. The molecular weight excluding hydrogens is 322 g/mol. The summed E-state index contributed by atoms with van der Waals surface area (Å²) in [5.74, 6) is 0.341. The number of carbonyl (C=O) groups excluding carboxylic acids is 1. The molecule has 132 valence electrons. The fraction of sp³-hybridized carbons (Fsp3) is 0.412. The van der Waals surface area contributed by atoms with E-state index in [1.807, 2.05) is 14.1 Å². The number of pyridine rings is 1. The zero-order valence-electron chi connectivity index (χ0n) is 14.5. The van der Waals surface area contributed by atoms with Gasteiger partial charge in [0.2, 0.25) is 5.95 Å². The summed E-state index contributed by atoms with van der Waals surface area (Å²) in [6.07, 6.45) is 2.32. The molecule has 1 aliphatic rings. The molecule has 25 heavy (non-hydrogen) atoms. The lowest BCUT2D eigenvalue weighted by Gasteiger charge is -2.17. The van der Waals surface area contributed by atoms with Gasteiger partial charge in [-0.2, -0.15) is 0 Å². The van der Waals surface area contributed by atoms with Crippen LogP contribution < -0.4 is 16.0 Å². The van der Waals surface area contributed by atoms with Crippen molar-refractivity contribution in [3.8, 4) is 0 Å². The predicted molar refractivity (Wildman–Crippen MR) is 94.1 cm³/mol. The normalized spacial score (nSPS) is 16.9. The Morgan fingerprint density at radius 1 is 1.32 bits per heavy atom. The number of likely N-dealkylation sites (tertiary alicyclic amines) is 1. The smallest absolute Gasteiger partial charge is 0.254 e. The molecule has 1 N–H and O–H groups in total. The van der Waals surface area contributed by atoms with E-state index in [0.717, 1.165) is 6.42 Å². The number of anilines is 1. The first-order valence-electron chi connectivity index (χ1n) is 8.09. The van der Waals surface area contributed by atoms with Crippen molar-refractivity contribution in [2.75, 3.05) is 32.1 Å². The molecule has 2 aromatic rings. The highest BCUT2D eigenvalue weighted by Crippen LogP contribution is 2.26. The number of aryl methyl sites for hydroxylation is 1. The third-order valence-electron chi connectivity index (χ3n) is 4.42. The molecular formula is C17H21N5O3. The molecule has 1 amide bonds. The summed E-state index contributed by atoms with van der Waals surface area (Å²) < 4.78 is 1.42. The molecule has 1 unspecified atom stereocenters. The quantitative estimate of drug-likeness (QED) is 0.857. The Morgan fingerprint density at radius 2 is 2.08 bits per heavy atom. The van der Waals surface area contributed by atoms with Gasteiger partial charge >= 0.3 is 0 Å². The second-order valence-corrected chi connectivity index (χ2v) is 6.49. The highest BCUT2D eigenvalue weighted by atomic mass is 16.2. The van der Waals surface area contributed by atoms with Crippen LogP contribution in [0.4, 0.5) is 5.95 Å². The zero-order chi connectivity index (χ0) is 18.1. The summed E-state index contributed by atoms with van der Waals surface area (Å²) >= 11 is 0. The first-order valence-corrected chi connectivity index (χ1v) is 8.09. The van der Waals surface area contributed by atoms with Gasteiger partial charge in [0.05, 0.1) is 5.69 Å². The zero-order valence-corrected chi connectivity index (χ0v) is 14.5. The van der Waals surface area contributed by atoms with Crippen LogP contribution in [0.5, 0.6) is 0 Å². The molecule has 8 heteroatoms. The Kier molecular flexibility index (Phi) is 4.43. The molecule has 0 radical (unpaired) electrons. The summed E-state index contributed by atoms with van der Waals surface area (Å²) in [5, 5.41) is 0. The minimum absolute atomic E-state index is 0.0106. The number of aromatic amines is 1. The standard InChI is InChI=1S/C17H21N5O3/c1-20(2)17-18-13(9-14(23)19-17)12-5-7-22(10-12)16(25)11-4-6-21(3)15(24)8-11/h4,6,8-9,12H,5,7,10H2,1-3H3,(H,18,19,23). The minimum atomic E-state index is -0.214. The first-order chi connectivity index (χ1) is 11.8. The van der Waals surface area contributed by atoms with Gasteiger partial charge in [-0.1, -0.05) is 0 Å². The fourth-order valence-corrected chi connectivity index (χ4v) is 2.93. The van der Waals surface area contributed by atoms with E-state index in [2.05, 4.69) is 9.97 Å². The molecule has 1 atom stereocenters. The van der Waals surface area contributed by atoms with Crippen LogP contribution in [0.25, 0.3) is 0 Å². The van der Waals surface area contributed by atoms with E-state index in [4.69, 9.17) is 0 Å². The topological polar surface area (TPSA) is 91.3 Å². The van der Waals surface area contributed by atoms with Crippen molar-refractivity contribution >= 4 is 11.9 Å². The molecule has 3 rings (SSSR count). The van der Waals surface area contributed by atoms with E-state index in [1.54, 1.807) is 29.1 Å². The number of nitrogens with zero attached hydrogens (tertiary/aromatic N) is 4. The van der Waals surface area contributed by atoms with Crippen molar-refractivity contribution in [1.82, 2.24) is 19.4 Å². The summed E-state index contributed by atoms with van der Waals surface area (Å²) in [7, 11) is 5.26. The number of H-pyrrole nitrogens is 1. The maximum atomic E-state index is 12.6. The van der Waals surface area contributed by atoms with Gasteiger partial charge in [0.1, 0.15) is 0 Å². The Balaban J connectivity index is 1.79. The largest absolute Gasteiger partial charge is 0.348 e.